The molecule has 0 radical (unpaired) electrons. The molecule has 2 rings (SSSR count). The average molecular weight is 316 g/mol. The molecule has 0 aliphatic carbocycles. The van der Waals surface area contributed by atoms with Crippen LogP contribution < -0.4 is 10.1 Å². The normalized spacial score (nSPS) is 11.0. The summed E-state index contributed by atoms with van der Waals surface area (Å²) in [7, 11) is 0. The number of aliphatic hydroxyl groups is 1. The molecule has 0 atom stereocenters. The molecule has 2 N–H and O–H groups in total. The second-order valence-corrected chi connectivity index (χ2v) is 5.88. The number of pyridine rings is 1. The second-order valence-electron chi connectivity index (χ2n) is 5.88. The lowest BCUT2D eigenvalue weighted by Crippen LogP contribution is -2.27. The lowest BCUT2D eigenvalue weighted by atomic mass is 10.2. The number of nitrogens with one attached hydrogen (secondary N) is 1. The summed E-state index contributed by atoms with van der Waals surface area (Å²) in [5, 5.41) is 11.7. The molecule has 1 aromatic heterocycles. The minimum Gasteiger partial charge on any atom is -0.444 e. The van der Waals surface area contributed by atoms with Gasteiger partial charge in [0.05, 0.1) is 12.3 Å². The standard InChI is InChI=1S/C17H20N2O4/c1-17(2,3)23-16(21)19-12-7-9-14(10-8-12)22-15-6-4-5-13(11-20)18-15/h4-10,20H,11H2,1-3H3,(H,19,21). The van der Waals surface area contributed by atoms with Gasteiger partial charge in [-0.25, -0.2) is 9.78 Å². The molecule has 23 heavy (non-hydrogen) atoms. The summed E-state index contributed by atoms with van der Waals surface area (Å²) in [4.78, 5) is 15.8. The summed E-state index contributed by atoms with van der Waals surface area (Å²) < 4.78 is 10.8. The maximum atomic E-state index is 11.7. The van der Waals surface area contributed by atoms with Crippen LogP contribution in [-0.4, -0.2) is 21.8 Å². The van der Waals surface area contributed by atoms with E-state index in [9.17, 15) is 4.79 Å². The molecule has 0 saturated carbocycles. The molecule has 2 aromatic rings. The number of amides is 1. The summed E-state index contributed by atoms with van der Waals surface area (Å²) in [6, 6.07) is 12.0. The lowest BCUT2D eigenvalue weighted by Gasteiger charge is -2.19. The minimum atomic E-state index is -0.545. The van der Waals surface area contributed by atoms with E-state index in [4.69, 9.17) is 14.6 Å². The van der Waals surface area contributed by atoms with Gasteiger partial charge >= 0.3 is 6.09 Å². The van der Waals surface area contributed by atoms with Crippen molar-refractivity contribution >= 4 is 11.8 Å². The van der Waals surface area contributed by atoms with Crippen LogP contribution in [0.5, 0.6) is 11.6 Å². The number of rotatable bonds is 4. The molecule has 0 saturated heterocycles. The summed E-state index contributed by atoms with van der Waals surface area (Å²) in [6.07, 6.45) is -0.511. The number of aliphatic hydroxyl groups excluding tert-OH is 1. The monoisotopic (exact) mass is 316 g/mol. The lowest BCUT2D eigenvalue weighted by molar-refractivity contribution is 0.0636. The maximum Gasteiger partial charge on any atom is 0.412 e. The van der Waals surface area contributed by atoms with Crippen LogP contribution in [0.25, 0.3) is 0 Å². The Morgan fingerprint density at radius 1 is 1.17 bits per heavy atom. The molecule has 6 nitrogen and oxygen atoms in total. The molecule has 0 spiro atoms. The van der Waals surface area contributed by atoms with Gasteiger partial charge in [-0.05, 0) is 51.1 Å². The zero-order valence-electron chi connectivity index (χ0n) is 13.4. The molecule has 6 heteroatoms. The first-order valence-corrected chi connectivity index (χ1v) is 7.20. The average Bonchev–Trinajstić information content (AvgIpc) is 2.47. The highest BCUT2D eigenvalue weighted by molar-refractivity contribution is 5.84. The number of aromatic nitrogens is 1. The third-order valence-electron chi connectivity index (χ3n) is 2.67. The minimum absolute atomic E-state index is 0.143. The van der Waals surface area contributed by atoms with Gasteiger partial charge in [-0.2, -0.15) is 0 Å². The van der Waals surface area contributed by atoms with Crippen LogP contribution in [0.1, 0.15) is 26.5 Å². The Labute approximate surface area is 135 Å². The fourth-order valence-corrected chi connectivity index (χ4v) is 1.75. The van der Waals surface area contributed by atoms with Gasteiger partial charge in [-0.15, -0.1) is 0 Å². The van der Waals surface area contributed by atoms with E-state index in [0.717, 1.165) is 0 Å². The van der Waals surface area contributed by atoms with Gasteiger partial charge in [-0.3, -0.25) is 5.32 Å². The first kappa shape index (κ1) is 16.8. The summed E-state index contributed by atoms with van der Waals surface area (Å²) >= 11 is 0. The fraction of sp³-hybridized carbons (Fsp3) is 0.294. The van der Waals surface area contributed by atoms with E-state index in [1.165, 1.54) is 0 Å². The van der Waals surface area contributed by atoms with E-state index >= 15 is 0 Å². The Kier molecular flexibility index (Phi) is 5.18. The first-order valence-electron chi connectivity index (χ1n) is 7.20. The Morgan fingerprint density at radius 3 is 2.48 bits per heavy atom. The van der Waals surface area contributed by atoms with Crippen LogP contribution in [0.4, 0.5) is 10.5 Å². The van der Waals surface area contributed by atoms with Crippen LogP contribution in [0.15, 0.2) is 42.5 Å². The second kappa shape index (κ2) is 7.11. The predicted molar refractivity (Wildman–Crippen MR) is 86.5 cm³/mol. The molecule has 122 valence electrons. The quantitative estimate of drug-likeness (QED) is 0.898. The third kappa shape index (κ3) is 5.60. The van der Waals surface area contributed by atoms with Crippen LogP contribution in [0, 0.1) is 0 Å². The third-order valence-corrected chi connectivity index (χ3v) is 2.67. The van der Waals surface area contributed by atoms with Crippen molar-refractivity contribution < 1.29 is 19.4 Å². The molecule has 1 heterocycles. The SMILES string of the molecule is CC(C)(C)OC(=O)Nc1ccc(Oc2cccc(CO)n2)cc1. The highest BCUT2D eigenvalue weighted by atomic mass is 16.6. The Hall–Kier alpha value is -2.60. The number of carbonyl (C=O) groups is 1. The number of carbonyl (C=O) groups excluding carboxylic acids is 1. The van der Waals surface area contributed by atoms with Crippen molar-refractivity contribution in [3.63, 3.8) is 0 Å². The van der Waals surface area contributed by atoms with E-state index < -0.39 is 11.7 Å². The molecule has 0 bridgehead atoms. The van der Waals surface area contributed by atoms with E-state index in [1.54, 1.807) is 63.2 Å². The van der Waals surface area contributed by atoms with E-state index in [-0.39, 0.29) is 6.61 Å². The van der Waals surface area contributed by atoms with Crippen molar-refractivity contribution in [1.82, 2.24) is 4.98 Å². The van der Waals surface area contributed by atoms with Gasteiger partial charge in [0.2, 0.25) is 5.88 Å². The summed E-state index contributed by atoms with van der Waals surface area (Å²) in [6.45, 7) is 5.26. The van der Waals surface area contributed by atoms with Crippen molar-refractivity contribution in [2.24, 2.45) is 0 Å². The van der Waals surface area contributed by atoms with Crippen LogP contribution in [-0.2, 0) is 11.3 Å². The summed E-state index contributed by atoms with van der Waals surface area (Å²) in [5.74, 6) is 0.965. The van der Waals surface area contributed by atoms with Crippen LogP contribution >= 0.6 is 0 Å². The molecule has 1 amide bonds. The number of anilines is 1. The highest BCUT2D eigenvalue weighted by Gasteiger charge is 2.16. The number of hydrogen-bond acceptors (Lipinski definition) is 5. The Morgan fingerprint density at radius 2 is 1.87 bits per heavy atom. The smallest absolute Gasteiger partial charge is 0.412 e. The van der Waals surface area contributed by atoms with Gasteiger partial charge in [0.15, 0.2) is 0 Å². The molecule has 0 aliphatic rings. The topological polar surface area (TPSA) is 80.7 Å². The number of benzene rings is 1. The van der Waals surface area contributed by atoms with E-state index in [1.807, 2.05) is 0 Å². The molecule has 1 aromatic carbocycles. The van der Waals surface area contributed by atoms with Gasteiger partial charge in [0.1, 0.15) is 11.4 Å². The van der Waals surface area contributed by atoms with Gasteiger partial charge in [0, 0.05) is 11.8 Å². The number of nitrogens with zero attached hydrogens (tertiary/aromatic N) is 1. The molecule has 0 unspecified atom stereocenters. The van der Waals surface area contributed by atoms with Crippen molar-refractivity contribution in [2.75, 3.05) is 5.32 Å². The van der Waals surface area contributed by atoms with Gasteiger partial charge in [-0.1, -0.05) is 6.07 Å². The van der Waals surface area contributed by atoms with Gasteiger partial charge < -0.3 is 14.6 Å². The fourth-order valence-electron chi connectivity index (χ4n) is 1.75. The Bertz CT molecular complexity index is 663. The van der Waals surface area contributed by atoms with Crippen LogP contribution in [0.3, 0.4) is 0 Å². The summed E-state index contributed by atoms with van der Waals surface area (Å²) in [5.41, 5.74) is 0.589. The van der Waals surface area contributed by atoms with Crippen molar-refractivity contribution in [3.05, 3.63) is 48.2 Å². The number of ether oxygens (including phenoxy) is 2. The van der Waals surface area contributed by atoms with Crippen LogP contribution in [0.2, 0.25) is 0 Å². The maximum absolute atomic E-state index is 11.7. The van der Waals surface area contributed by atoms with Crippen molar-refractivity contribution in [2.45, 2.75) is 33.0 Å². The van der Waals surface area contributed by atoms with E-state index in [2.05, 4.69) is 10.3 Å². The molecule has 0 fully saturated rings. The zero-order chi connectivity index (χ0) is 16.9. The molecule has 0 aliphatic heterocycles. The van der Waals surface area contributed by atoms with Gasteiger partial charge in [0.25, 0.3) is 0 Å². The zero-order valence-corrected chi connectivity index (χ0v) is 13.4. The molecular weight excluding hydrogens is 296 g/mol. The Balaban J connectivity index is 1.98. The first-order chi connectivity index (χ1) is 10.9. The van der Waals surface area contributed by atoms with E-state index in [0.29, 0.717) is 23.0 Å². The predicted octanol–water partition coefficient (Wildman–Crippen LogP) is 3.71. The largest absolute Gasteiger partial charge is 0.444 e. The molecular formula is C17H20N2O4. The van der Waals surface area contributed by atoms with Crippen molar-refractivity contribution in [1.29, 1.82) is 0 Å². The number of hydrogen-bond donors (Lipinski definition) is 2. The highest BCUT2D eigenvalue weighted by Crippen LogP contribution is 2.22. The van der Waals surface area contributed by atoms with Crippen molar-refractivity contribution in [3.8, 4) is 11.6 Å².